The van der Waals surface area contributed by atoms with Crippen LogP contribution in [0.1, 0.15) is 38.5 Å². The molecule has 15 heavy (non-hydrogen) atoms. The summed E-state index contributed by atoms with van der Waals surface area (Å²) < 4.78 is 0. The largest absolute Gasteiger partial charge is 0.387 e. The SMILES string of the molecule is CCCN(C)c1ccc(C(O)CC)nc1. The number of nitrogens with zero attached hydrogens (tertiary/aromatic N) is 2. The van der Waals surface area contributed by atoms with Crippen molar-refractivity contribution >= 4 is 5.69 Å². The van der Waals surface area contributed by atoms with Gasteiger partial charge in [-0.2, -0.15) is 0 Å². The van der Waals surface area contributed by atoms with Crippen molar-refractivity contribution in [2.45, 2.75) is 32.8 Å². The Morgan fingerprint density at radius 3 is 2.60 bits per heavy atom. The topological polar surface area (TPSA) is 36.4 Å². The van der Waals surface area contributed by atoms with Gasteiger partial charge in [-0.3, -0.25) is 4.98 Å². The van der Waals surface area contributed by atoms with E-state index in [1.807, 2.05) is 25.3 Å². The van der Waals surface area contributed by atoms with Gasteiger partial charge in [-0.15, -0.1) is 0 Å². The Labute approximate surface area is 91.8 Å². The van der Waals surface area contributed by atoms with Gasteiger partial charge in [0.1, 0.15) is 0 Å². The standard InChI is InChI=1S/C12H20N2O/c1-4-8-14(3)10-6-7-11(13-9-10)12(15)5-2/h6-7,9,12,15H,4-5,8H2,1-3H3. The first-order valence-electron chi connectivity index (χ1n) is 5.54. The van der Waals surface area contributed by atoms with Crippen LogP contribution in [0.2, 0.25) is 0 Å². The average molecular weight is 208 g/mol. The lowest BCUT2D eigenvalue weighted by molar-refractivity contribution is 0.169. The van der Waals surface area contributed by atoms with E-state index in [2.05, 4.69) is 23.9 Å². The third kappa shape index (κ3) is 3.20. The summed E-state index contributed by atoms with van der Waals surface area (Å²) in [5.41, 5.74) is 1.86. The molecule has 1 aromatic heterocycles. The normalized spacial score (nSPS) is 12.5. The molecule has 0 amide bonds. The molecule has 0 fully saturated rings. The Balaban J connectivity index is 2.71. The van der Waals surface area contributed by atoms with Crippen molar-refractivity contribution in [3.63, 3.8) is 0 Å². The molecule has 0 saturated heterocycles. The fourth-order valence-corrected chi connectivity index (χ4v) is 1.49. The molecule has 0 aliphatic heterocycles. The molecule has 3 heteroatoms. The number of aromatic nitrogens is 1. The molecule has 0 aliphatic rings. The minimum Gasteiger partial charge on any atom is -0.387 e. The molecule has 1 unspecified atom stereocenters. The van der Waals surface area contributed by atoms with Crippen molar-refractivity contribution < 1.29 is 5.11 Å². The number of rotatable bonds is 5. The number of pyridine rings is 1. The summed E-state index contributed by atoms with van der Waals surface area (Å²) in [5, 5.41) is 9.59. The molecule has 0 radical (unpaired) electrons. The second-order valence-electron chi connectivity index (χ2n) is 3.79. The van der Waals surface area contributed by atoms with Crippen LogP contribution in [0.4, 0.5) is 5.69 Å². The van der Waals surface area contributed by atoms with Gasteiger partial charge < -0.3 is 10.0 Å². The monoisotopic (exact) mass is 208 g/mol. The predicted octanol–water partition coefficient (Wildman–Crippen LogP) is 2.37. The molecule has 1 aromatic rings. The van der Waals surface area contributed by atoms with Gasteiger partial charge in [0.05, 0.1) is 23.7 Å². The minimum absolute atomic E-state index is 0.435. The average Bonchev–Trinajstić information content (AvgIpc) is 2.28. The van der Waals surface area contributed by atoms with Gasteiger partial charge in [0.25, 0.3) is 0 Å². The Kier molecular flexibility index (Phi) is 4.56. The van der Waals surface area contributed by atoms with Gasteiger partial charge in [-0.25, -0.2) is 0 Å². The molecular weight excluding hydrogens is 188 g/mol. The Morgan fingerprint density at radius 1 is 1.40 bits per heavy atom. The molecule has 0 aromatic carbocycles. The van der Waals surface area contributed by atoms with Gasteiger partial charge in [0, 0.05) is 13.6 Å². The molecular formula is C12H20N2O. The van der Waals surface area contributed by atoms with Crippen LogP contribution in [0.15, 0.2) is 18.3 Å². The first kappa shape index (κ1) is 12.0. The summed E-state index contributed by atoms with van der Waals surface area (Å²) >= 11 is 0. The number of hydrogen-bond acceptors (Lipinski definition) is 3. The van der Waals surface area contributed by atoms with E-state index in [0.717, 1.165) is 24.3 Å². The fraction of sp³-hybridized carbons (Fsp3) is 0.583. The molecule has 1 atom stereocenters. The molecule has 0 saturated carbocycles. The third-order valence-electron chi connectivity index (χ3n) is 2.50. The maximum atomic E-state index is 9.59. The smallest absolute Gasteiger partial charge is 0.0957 e. The first-order valence-corrected chi connectivity index (χ1v) is 5.54. The van der Waals surface area contributed by atoms with Crippen molar-refractivity contribution in [2.75, 3.05) is 18.5 Å². The quantitative estimate of drug-likeness (QED) is 0.807. The number of aliphatic hydroxyl groups excluding tert-OH is 1. The summed E-state index contributed by atoms with van der Waals surface area (Å²) in [5.74, 6) is 0. The molecule has 84 valence electrons. The van der Waals surface area contributed by atoms with Gasteiger partial charge >= 0.3 is 0 Å². The number of aliphatic hydroxyl groups is 1. The highest BCUT2D eigenvalue weighted by Crippen LogP contribution is 2.17. The first-order chi connectivity index (χ1) is 7.19. The van der Waals surface area contributed by atoms with E-state index in [1.54, 1.807) is 0 Å². The second kappa shape index (κ2) is 5.71. The van der Waals surface area contributed by atoms with E-state index >= 15 is 0 Å². The van der Waals surface area contributed by atoms with Gasteiger partial charge in [0.2, 0.25) is 0 Å². The van der Waals surface area contributed by atoms with Crippen molar-refractivity contribution in [3.8, 4) is 0 Å². The number of hydrogen-bond donors (Lipinski definition) is 1. The van der Waals surface area contributed by atoms with Crippen LogP contribution in [0.5, 0.6) is 0 Å². The van der Waals surface area contributed by atoms with E-state index in [0.29, 0.717) is 6.42 Å². The zero-order valence-corrected chi connectivity index (χ0v) is 9.77. The summed E-state index contributed by atoms with van der Waals surface area (Å²) in [6.45, 7) is 5.12. The molecule has 0 bridgehead atoms. The van der Waals surface area contributed by atoms with E-state index < -0.39 is 6.10 Å². The van der Waals surface area contributed by atoms with Gasteiger partial charge in [-0.1, -0.05) is 13.8 Å². The van der Waals surface area contributed by atoms with Crippen LogP contribution in [-0.2, 0) is 0 Å². The lowest BCUT2D eigenvalue weighted by Crippen LogP contribution is -2.18. The molecule has 1 heterocycles. The molecule has 1 N–H and O–H groups in total. The fourth-order valence-electron chi connectivity index (χ4n) is 1.49. The van der Waals surface area contributed by atoms with E-state index in [9.17, 15) is 5.11 Å². The van der Waals surface area contributed by atoms with Crippen molar-refractivity contribution in [1.29, 1.82) is 0 Å². The Bertz CT molecular complexity index is 284. The zero-order chi connectivity index (χ0) is 11.3. The van der Waals surface area contributed by atoms with Crippen LogP contribution in [0.3, 0.4) is 0 Å². The second-order valence-corrected chi connectivity index (χ2v) is 3.79. The molecule has 0 aliphatic carbocycles. The Hall–Kier alpha value is -1.09. The highest BCUT2D eigenvalue weighted by Gasteiger charge is 2.06. The molecule has 0 spiro atoms. The number of anilines is 1. The Morgan fingerprint density at radius 2 is 2.13 bits per heavy atom. The third-order valence-corrected chi connectivity index (χ3v) is 2.50. The van der Waals surface area contributed by atoms with Crippen molar-refractivity contribution in [3.05, 3.63) is 24.0 Å². The molecule has 1 rings (SSSR count). The van der Waals surface area contributed by atoms with E-state index in [1.165, 1.54) is 0 Å². The van der Waals surface area contributed by atoms with Crippen LogP contribution in [-0.4, -0.2) is 23.7 Å². The van der Waals surface area contributed by atoms with Crippen LogP contribution >= 0.6 is 0 Å². The maximum Gasteiger partial charge on any atom is 0.0957 e. The van der Waals surface area contributed by atoms with Gasteiger partial charge in [0.15, 0.2) is 0 Å². The lowest BCUT2D eigenvalue weighted by atomic mass is 10.2. The maximum absolute atomic E-state index is 9.59. The van der Waals surface area contributed by atoms with Gasteiger partial charge in [-0.05, 0) is 25.0 Å². The van der Waals surface area contributed by atoms with Crippen LogP contribution < -0.4 is 4.90 Å². The lowest BCUT2D eigenvalue weighted by Gasteiger charge is -2.18. The van der Waals surface area contributed by atoms with Crippen LogP contribution in [0.25, 0.3) is 0 Å². The summed E-state index contributed by atoms with van der Waals surface area (Å²) in [6, 6.07) is 3.91. The summed E-state index contributed by atoms with van der Waals surface area (Å²) in [4.78, 5) is 6.42. The summed E-state index contributed by atoms with van der Waals surface area (Å²) in [7, 11) is 2.05. The van der Waals surface area contributed by atoms with Crippen LogP contribution in [0, 0.1) is 0 Å². The van der Waals surface area contributed by atoms with E-state index in [-0.39, 0.29) is 0 Å². The van der Waals surface area contributed by atoms with Crippen molar-refractivity contribution in [2.24, 2.45) is 0 Å². The summed E-state index contributed by atoms with van der Waals surface area (Å²) in [6.07, 6.45) is 3.21. The zero-order valence-electron chi connectivity index (χ0n) is 9.77. The minimum atomic E-state index is -0.435. The highest BCUT2D eigenvalue weighted by molar-refractivity contribution is 5.43. The molecule has 3 nitrogen and oxygen atoms in total. The predicted molar refractivity (Wildman–Crippen MR) is 63.0 cm³/mol. The highest BCUT2D eigenvalue weighted by atomic mass is 16.3. The van der Waals surface area contributed by atoms with E-state index in [4.69, 9.17) is 0 Å². The van der Waals surface area contributed by atoms with Crippen molar-refractivity contribution in [1.82, 2.24) is 4.98 Å².